The molecule has 2 rings (SSSR count). The average Bonchev–Trinajstić information content (AvgIpc) is 2.29. The summed E-state index contributed by atoms with van der Waals surface area (Å²) in [5.74, 6) is 0.891. The van der Waals surface area contributed by atoms with Crippen molar-refractivity contribution < 1.29 is 4.74 Å². The summed E-state index contributed by atoms with van der Waals surface area (Å²) in [4.78, 5) is 4.00. The molecule has 0 atom stereocenters. The molecule has 1 aromatic carbocycles. The number of nitrogens with zero attached hydrogens (tertiary/aromatic N) is 1. The monoisotopic (exact) mass is 365 g/mol. The van der Waals surface area contributed by atoms with Gasteiger partial charge in [0.2, 0.25) is 5.88 Å². The number of hydrogen-bond acceptors (Lipinski definition) is 2. The second-order valence-corrected chi connectivity index (χ2v) is 5.65. The van der Waals surface area contributed by atoms with E-state index in [1.54, 1.807) is 0 Å². The molecule has 6 heteroatoms. The van der Waals surface area contributed by atoms with Crippen molar-refractivity contribution in [3.8, 4) is 11.6 Å². The largest absolute Gasteiger partial charge is 0.437 e. The quantitative estimate of drug-likeness (QED) is 0.616. The van der Waals surface area contributed by atoms with E-state index in [4.69, 9.17) is 39.5 Å². The van der Waals surface area contributed by atoms with Gasteiger partial charge in [0, 0.05) is 4.47 Å². The van der Waals surface area contributed by atoms with Crippen LogP contribution in [-0.2, 0) is 0 Å². The van der Waals surface area contributed by atoms with Crippen LogP contribution < -0.4 is 4.74 Å². The normalized spacial score (nSPS) is 10.5. The van der Waals surface area contributed by atoms with E-state index >= 15 is 0 Å². The van der Waals surface area contributed by atoms with E-state index in [9.17, 15) is 0 Å². The van der Waals surface area contributed by atoms with Gasteiger partial charge in [0.15, 0.2) is 5.15 Å². The van der Waals surface area contributed by atoms with Gasteiger partial charge in [-0.2, -0.15) is 4.98 Å². The minimum absolute atomic E-state index is 0.158. The smallest absolute Gasteiger partial charge is 0.239 e. The number of aryl methyl sites for hydroxylation is 1. The molecule has 0 aliphatic rings. The molecule has 0 aliphatic carbocycles. The van der Waals surface area contributed by atoms with Gasteiger partial charge in [0.1, 0.15) is 10.8 Å². The van der Waals surface area contributed by atoms with Crippen LogP contribution in [-0.4, -0.2) is 4.98 Å². The number of hydrogen-bond donors (Lipinski definition) is 0. The van der Waals surface area contributed by atoms with E-state index in [-0.39, 0.29) is 11.0 Å². The van der Waals surface area contributed by atoms with E-state index in [1.165, 1.54) is 6.07 Å². The Morgan fingerprint density at radius 1 is 1.11 bits per heavy atom. The van der Waals surface area contributed by atoms with Crippen LogP contribution >= 0.6 is 50.7 Å². The van der Waals surface area contributed by atoms with Gasteiger partial charge in [-0.25, -0.2) is 0 Å². The van der Waals surface area contributed by atoms with Gasteiger partial charge in [-0.1, -0.05) is 50.7 Å². The zero-order valence-electron chi connectivity index (χ0n) is 9.18. The molecule has 2 nitrogen and oxygen atoms in total. The lowest BCUT2D eigenvalue weighted by Crippen LogP contribution is -1.92. The Hall–Kier alpha value is -0.480. The molecule has 0 radical (unpaired) electrons. The number of pyridine rings is 1. The van der Waals surface area contributed by atoms with E-state index in [1.807, 2.05) is 25.1 Å². The van der Waals surface area contributed by atoms with Crippen LogP contribution in [0.4, 0.5) is 0 Å². The third-order valence-electron chi connectivity index (χ3n) is 2.20. The molecule has 1 heterocycles. The Balaban J connectivity index is 2.37. The highest BCUT2D eigenvalue weighted by atomic mass is 79.9. The first kappa shape index (κ1) is 13.9. The van der Waals surface area contributed by atoms with Gasteiger partial charge < -0.3 is 4.74 Å². The number of ether oxygens (including phenoxy) is 1. The van der Waals surface area contributed by atoms with Crippen molar-refractivity contribution in [1.29, 1.82) is 0 Å². The predicted octanol–water partition coefficient (Wildman–Crippen LogP) is 5.91. The first-order valence-electron chi connectivity index (χ1n) is 4.93. The van der Waals surface area contributed by atoms with Crippen molar-refractivity contribution in [3.63, 3.8) is 0 Å². The molecule has 0 spiro atoms. The lowest BCUT2D eigenvalue weighted by atomic mass is 10.2. The van der Waals surface area contributed by atoms with Crippen molar-refractivity contribution in [1.82, 2.24) is 4.98 Å². The number of benzene rings is 1. The zero-order valence-corrected chi connectivity index (χ0v) is 13.0. The number of aromatic nitrogens is 1. The lowest BCUT2D eigenvalue weighted by molar-refractivity contribution is 0.460. The van der Waals surface area contributed by atoms with Crippen LogP contribution in [0.3, 0.4) is 0 Å². The van der Waals surface area contributed by atoms with Gasteiger partial charge >= 0.3 is 0 Å². The standard InChI is InChI=1S/C12H7BrCl3NO/c1-6-4-7(13)2-3-10(6)18-12-9(15)5-8(14)11(16)17-12/h2-5H,1H3. The van der Waals surface area contributed by atoms with Crippen LogP contribution in [0.15, 0.2) is 28.7 Å². The first-order valence-corrected chi connectivity index (χ1v) is 6.85. The molecular formula is C12H7BrCl3NO. The van der Waals surface area contributed by atoms with Gasteiger partial charge in [0.05, 0.1) is 5.02 Å². The van der Waals surface area contributed by atoms with Gasteiger partial charge in [0.25, 0.3) is 0 Å². The fourth-order valence-electron chi connectivity index (χ4n) is 1.33. The third kappa shape index (κ3) is 3.09. The summed E-state index contributed by atoms with van der Waals surface area (Å²) in [5, 5.41) is 0.763. The van der Waals surface area contributed by atoms with Gasteiger partial charge in [-0.15, -0.1) is 0 Å². The highest BCUT2D eigenvalue weighted by Gasteiger charge is 2.11. The maximum atomic E-state index is 6.00. The molecule has 0 fully saturated rings. The number of halogens is 4. The molecule has 1 aromatic heterocycles. The maximum absolute atomic E-state index is 6.00. The molecule has 0 N–H and O–H groups in total. The van der Waals surface area contributed by atoms with Gasteiger partial charge in [-0.05, 0) is 36.8 Å². The van der Waals surface area contributed by atoms with E-state index < -0.39 is 0 Å². The predicted molar refractivity (Wildman–Crippen MR) is 78.2 cm³/mol. The fourth-order valence-corrected chi connectivity index (χ4v) is 2.34. The fraction of sp³-hybridized carbons (Fsp3) is 0.0833. The summed E-state index contributed by atoms with van der Waals surface area (Å²) in [6.07, 6.45) is 0. The molecule has 2 aromatic rings. The molecule has 0 saturated heterocycles. The summed E-state index contributed by atoms with van der Waals surface area (Å²) in [6.45, 7) is 1.92. The average molecular weight is 367 g/mol. The van der Waals surface area contributed by atoms with Crippen molar-refractivity contribution in [2.75, 3.05) is 0 Å². The Bertz CT molecular complexity index is 604. The minimum Gasteiger partial charge on any atom is -0.437 e. The molecular weight excluding hydrogens is 360 g/mol. The molecule has 0 unspecified atom stereocenters. The van der Waals surface area contributed by atoms with E-state index in [0.717, 1.165) is 10.0 Å². The summed E-state index contributed by atoms with van der Waals surface area (Å²) in [7, 11) is 0. The lowest BCUT2D eigenvalue weighted by Gasteiger charge is -2.10. The van der Waals surface area contributed by atoms with Crippen molar-refractivity contribution in [2.45, 2.75) is 6.92 Å². The third-order valence-corrected chi connectivity index (χ3v) is 3.64. The van der Waals surface area contributed by atoms with Crippen LogP contribution in [0.25, 0.3) is 0 Å². The second-order valence-electron chi connectivity index (χ2n) is 3.56. The number of rotatable bonds is 2. The minimum atomic E-state index is 0.158. The van der Waals surface area contributed by atoms with Crippen LogP contribution in [0.1, 0.15) is 5.56 Å². The van der Waals surface area contributed by atoms with Crippen LogP contribution in [0.5, 0.6) is 11.6 Å². The molecule has 0 bridgehead atoms. The molecule has 0 amide bonds. The Kier molecular flexibility index (Phi) is 4.38. The summed E-state index contributed by atoms with van der Waals surface area (Å²) in [5.41, 5.74) is 0.952. The maximum Gasteiger partial charge on any atom is 0.239 e. The molecule has 0 saturated carbocycles. The Morgan fingerprint density at radius 3 is 2.50 bits per heavy atom. The highest BCUT2D eigenvalue weighted by Crippen LogP contribution is 2.34. The Morgan fingerprint density at radius 2 is 1.83 bits per heavy atom. The zero-order chi connectivity index (χ0) is 13.3. The summed E-state index contributed by atoms with van der Waals surface area (Å²) < 4.78 is 6.60. The molecule has 0 aliphatic heterocycles. The molecule has 94 valence electrons. The first-order chi connectivity index (χ1) is 8.47. The molecule has 18 heavy (non-hydrogen) atoms. The van der Waals surface area contributed by atoms with Crippen molar-refractivity contribution in [2.24, 2.45) is 0 Å². The SMILES string of the molecule is Cc1cc(Br)ccc1Oc1nc(Cl)c(Cl)cc1Cl. The van der Waals surface area contributed by atoms with Gasteiger partial charge in [-0.3, -0.25) is 0 Å². The van der Waals surface area contributed by atoms with E-state index in [0.29, 0.717) is 15.8 Å². The summed E-state index contributed by atoms with van der Waals surface area (Å²) >= 11 is 21.0. The van der Waals surface area contributed by atoms with E-state index in [2.05, 4.69) is 20.9 Å². The summed E-state index contributed by atoms with van der Waals surface area (Å²) in [6, 6.07) is 7.12. The topological polar surface area (TPSA) is 22.1 Å². The highest BCUT2D eigenvalue weighted by molar-refractivity contribution is 9.10. The van der Waals surface area contributed by atoms with Crippen molar-refractivity contribution >= 4 is 50.7 Å². The Labute approximate surface area is 128 Å². The van der Waals surface area contributed by atoms with Crippen molar-refractivity contribution in [3.05, 3.63) is 49.5 Å². The van der Waals surface area contributed by atoms with Crippen LogP contribution in [0.2, 0.25) is 15.2 Å². The second kappa shape index (κ2) is 5.66. The van der Waals surface area contributed by atoms with Crippen LogP contribution in [0, 0.1) is 6.92 Å².